The number of pyridine rings is 1. The van der Waals surface area contributed by atoms with E-state index < -0.39 is 0 Å². The zero-order chi connectivity index (χ0) is 14.7. The molecule has 0 spiro atoms. The number of hydrogen-bond acceptors (Lipinski definition) is 3. The fourth-order valence-electron chi connectivity index (χ4n) is 2.24. The van der Waals surface area contributed by atoms with Crippen molar-refractivity contribution in [3.63, 3.8) is 0 Å². The molecule has 1 atom stereocenters. The number of para-hydroxylation sites is 1. The largest absolute Gasteiger partial charge is 0.488 e. The summed E-state index contributed by atoms with van der Waals surface area (Å²) in [7, 11) is 0. The van der Waals surface area contributed by atoms with Crippen molar-refractivity contribution in [2.24, 2.45) is 0 Å². The number of carbonyl (C=O) groups excluding carboxylic acids is 1. The van der Waals surface area contributed by atoms with Crippen LogP contribution in [0.4, 0.5) is 0 Å². The first kappa shape index (κ1) is 13.4. The zero-order valence-electron chi connectivity index (χ0n) is 11.7. The summed E-state index contributed by atoms with van der Waals surface area (Å²) in [5.74, 6) is 0.689. The van der Waals surface area contributed by atoms with Crippen LogP contribution in [-0.2, 0) is 4.79 Å². The van der Waals surface area contributed by atoms with Crippen molar-refractivity contribution in [2.75, 3.05) is 6.61 Å². The quantitative estimate of drug-likeness (QED) is 0.940. The van der Waals surface area contributed by atoms with Gasteiger partial charge in [-0.1, -0.05) is 24.3 Å². The van der Waals surface area contributed by atoms with Crippen LogP contribution in [0.1, 0.15) is 24.2 Å². The van der Waals surface area contributed by atoms with Gasteiger partial charge in [-0.05, 0) is 31.2 Å². The van der Waals surface area contributed by atoms with E-state index in [1.165, 1.54) is 0 Å². The Hall–Kier alpha value is -2.62. The Morgan fingerprint density at radius 2 is 2.05 bits per heavy atom. The van der Waals surface area contributed by atoms with Gasteiger partial charge in [-0.15, -0.1) is 0 Å². The maximum Gasteiger partial charge on any atom is 0.251 e. The monoisotopic (exact) mass is 280 g/mol. The molecule has 21 heavy (non-hydrogen) atoms. The third kappa shape index (κ3) is 2.94. The van der Waals surface area contributed by atoms with Crippen LogP contribution in [0.3, 0.4) is 0 Å². The molecule has 0 radical (unpaired) electrons. The van der Waals surface area contributed by atoms with E-state index in [2.05, 4.69) is 10.3 Å². The standard InChI is InChI=1S/C17H16N2O2/c1-12(15-7-4-5-9-18-15)19-17(20)14-10-13-6-2-3-8-16(13)21-11-14/h2-10,12H,11H2,1H3,(H,19,20). The highest BCUT2D eigenvalue weighted by Gasteiger charge is 2.19. The average Bonchev–Trinajstić information content (AvgIpc) is 2.55. The van der Waals surface area contributed by atoms with Crippen molar-refractivity contribution in [2.45, 2.75) is 13.0 Å². The lowest BCUT2D eigenvalue weighted by molar-refractivity contribution is -0.118. The Bertz CT molecular complexity index is 680. The number of rotatable bonds is 3. The molecule has 4 heteroatoms. The van der Waals surface area contributed by atoms with Crippen LogP contribution in [0.15, 0.2) is 54.2 Å². The summed E-state index contributed by atoms with van der Waals surface area (Å²) >= 11 is 0. The molecule has 2 aromatic rings. The van der Waals surface area contributed by atoms with Crippen molar-refractivity contribution in [3.8, 4) is 5.75 Å². The van der Waals surface area contributed by atoms with Crippen LogP contribution in [0.5, 0.6) is 5.75 Å². The number of fused-ring (bicyclic) bond motifs is 1. The summed E-state index contributed by atoms with van der Waals surface area (Å²) in [4.78, 5) is 16.6. The molecule has 0 aliphatic carbocycles. The lowest BCUT2D eigenvalue weighted by Gasteiger charge is -2.19. The third-order valence-electron chi connectivity index (χ3n) is 3.40. The maximum atomic E-state index is 12.3. The van der Waals surface area contributed by atoms with Gasteiger partial charge in [-0.3, -0.25) is 9.78 Å². The Morgan fingerprint density at radius 3 is 2.86 bits per heavy atom. The van der Waals surface area contributed by atoms with E-state index in [0.29, 0.717) is 5.57 Å². The molecule has 0 fully saturated rings. The molecule has 0 bridgehead atoms. The number of ether oxygens (including phenoxy) is 1. The lowest BCUT2D eigenvalue weighted by atomic mass is 10.1. The van der Waals surface area contributed by atoms with Crippen LogP contribution in [0, 0.1) is 0 Å². The third-order valence-corrected chi connectivity index (χ3v) is 3.40. The minimum Gasteiger partial charge on any atom is -0.488 e. The summed E-state index contributed by atoms with van der Waals surface area (Å²) < 4.78 is 5.60. The van der Waals surface area contributed by atoms with Crippen molar-refractivity contribution in [3.05, 3.63) is 65.5 Å². The number of carbonyl (C=O) groups is 1. The SMILES string of the molecule is CC(NC(=O)C1=Cc2ccccc2OC1)c1ccccn1. The van der Waals surface area contributed by atoms with E-state index in [-0.39, 0.29) is 18.6 Å². The smallest absolute Gasteiger partial charge is 0.251 e. The summed E-state index contributed by atoms with van der Waals surface area (Å²) in [6.07, 6.45) is 3.59. The normalized spacial score (nSPS) is 14.4. The van der Waals surface area contributed by atoms with Crippen molar-refractivity contribution < 1.29 is 9.53 Å². The Kier molecular flexibility index (Phi) is 3.69. The number of amides is 1. The van der Waals surface area contributed by atoms with Gasteiger partial charge in [0.15, 0.2) is 0 Å². The van der Waals surface area contributed by atoms with Gasteiger partial charge in [0, 0.05) is 11.8 Å². The van der Waals surface area contributed by atoms with E-state index in [9.17, 15) is 4.79 Å². The van der Waals surface area contributed by atoms with Crippen LogP contribution in [0.2, 0.25) is 0 Å². The Morgan fingerprint density at radius 1 is 1.24 bits per heavy atom. The molecule has 0 saturated heterocycles. The molecule has 1 aliphatic rings. The van der Waals surface area contributed by atoms with Crippen LogP contribution in [0.25, 0.3) is 6.08 Å². The molecule has 1 unspecified atom stereocenters. The number of hydrogen-bond donors (Lipinski definition) is 1. The highest BCUT2D eigenvalue weighted by atomic mass is 16.5. The Labute approximate surface area is 123 Å². The lowest BCUT2D eigenvalue weighted by Crippen LogP contribution is -2.31. The van der Waals surface area contributed by atoms with Gasteiger partial charge in [0.25, 0.3) is 5.91 Å². The van der Waals surface area contributed by atoms with Crippen molar-refractivity contribution in [1.29, 1.82) is 0 Å². The summed E-state index contributed by atoms with van der Waals surface area (Å²) in [5.41, 5.74) is 2.39. The predicted octanol–water partition coefficient (Wildman–Crippen LogP) is 2.73. The number of nitrogens with zero attached hydrogens (tertiary/aromatic N) is 1. The highest BCUT2D eigenvalue weighted by molar-refractivity contribution is 5.99. The molecule has 1 N–H and O–H groups in total. The van der Waals surface area contributed by atoms with E-state index in [1.807, 2.05) is 55.5 Å². The summed E-state index contributed by atoms with van der Waals surface area (Å²) in [6, 6.07) is 13.2. The Balaban J connectivity index is 1.74. The molecule has 1 aromatic heterocycles. The first-order valence-corrected chi connectivity index (χ1v) is 6.88. The minimum absolute atomic E-state index is 0.123. The van der Waals surface area contributed by atoms with E-state index in [0.717, 1.165) is 17.0 Å². The van der Waals surface area contributed by atoms with Gasteiger partial charge in [0.2, 0.25) is 0 Å². The fraction of sp³-hybridized carbons (Fsp3) is 0.176. The highest BCUT2D eigenvalue weighted by Crippen LogP contribution is 2.26. The van der Waals surface area contributed by atoms with E-state index >= 15 is 0 Å². The summed E-state index contributed by atoms with van der Waals surface area (Å²) in [5, 5.41) is 2.95. The van der Waals surface area contributed by atoms with Crippen molar-refractivity contribution >= 4 is 12.0 Å². The number of benzene rings is 1. The molecule has 2 heterocycles. The van der Waals surface area contributed by atoms with Crippen LogP contribution < -0.4 is 10.1 Å². The van der Waals surface area contributed by atoms with Crippen LogP contribution in [-0.4, -0.2) is 17.5 Å². The van der Waals surface area contributed by atoms with Gasteiger partial charge >= 0.3 is 0 Å². The molecule has 1 aliphatic heterocycles. The first-order valence-electron chi connectivity index (χ1n) is 6.88. The van der Waals surface area contributed by atoms with Gasteiger partial charge in [-0.2, -0.15) is 0 Å². The summed E-state index contributed by atoms with van der Waals surface area (Å²) in [6.45, 7) is 2.20. The molecule has 4 nitrogen and oxygen atoms in total. The number of nitrogens with one attached hydrogen (secondary N) is 1. The van der Waals surface area contributed by atoms with E-state index in [4.69, 9.17) is 4.74 Å². The minimum atomic E-state index is -0.142. The molecule has 1 aromatic carbocycles. The first-order chi connectivity index (χ1) is 10.2. The molecule has 0 saturated carbocycles. The van der Waals surface area contributed by atoms with E-state index in [1.54, 1.807) is 6.20 Å². The second-order valence-electron chi connectivity index (χ2n) is 4.95. The predicted molar refractivity (Wildman–Crippen MR) is 80.7 cm³/mol. The zero-order valence-corrected chi connectivity index (χ0v) is 11.7. The molecule has 106 valence electrons. The second-order valence-corrected chi connectivity index (χ2v) is 4.95. The van der Waals surface area contributed by atoms with Crippen LogP contribution >= 0.6 is 0 Å². The fourth-order valence-corrected chi connectivity index (χ4v) is 2.24. The van der Waals surface area contributed by atoms with Gasteiger partial charge < -0.3 is 10.1 Å². The molecule has 1 amide bonds. The second kappa shape index (κ2) is 5.79. The van der Waals surface area contributed by atoms with Crippen molar-refractivity contribution in [1.82, 2.24) is 10.3 Å². The molecular formula is C17H16N2O2. The maximum absolute atomic E-state index is 12.3. The molecular weight excluding hydrogens is 264 g/mol. The average molecular weight is 280 g/mol. The van der Waals surface area contributed by atoms with Gasteiger partial charge in [0.05, 0.1) is 17.3 Å². The van der Waals surface area contributed by atoms with Gasteiger partial charge in [-0.25, -0.2) is 0 Å². The topological polar surface area (TPSA) is 51.2 Å². The molecule has 3 rings (SSSR count). The van der Waals surface area contributed by atoms with Gasteiger partial charge in [0.1, 0.15) is 12.4 Å². The number of aromatic nitrogens is 1.